The predicted octanol–water partition coefficient (Wildman–Crippen LogP) is 1.74. The molecule has 4 rings (SSSR count). The van der Waals surface area contributed by atoms with Crippen LogP contribution >= 0.6 is 0 Å². The topological polar surface area (TPSA) is 116 Å². The van der Waals surface area contributed by atoms with Crippen molar-refractivity contribution < 1.29 is 24.3 Å². The molecule has 0 radical (unpaired) electrons. The van der Waals surface area contributed by atoms with Gasteiger partial charge in [0.1, 0.15) is 12.1 Å². The summed E-state index contributed by atoms with van der Waals surface area (Å²) in [5.74, 6) is -0.160. The Kier molecular flexibility index (Phi) is 7.47. The minimum absolute atomic E-state index is 0.0216. The molecule has 2 fully saturated rings. The molecule has 33 heavy (non-hydrogen) atoms. The molecule has 0 aliphatic carbocycles. The molecule has 1 spiro atoms. The Hall–Kier alpha value is -3.69. The number of benzene rings is 1. The molecule has 2 aromatic rings. The maximum atomic E-state index is 13.2. The van der Waals surface area contributed by atoms with Gasteiger partial charge in [0.05, 0.1) is 5.69 Å². The van der Waals surface area contributed by atoms with E-state index >= 15 is 0 Å². The van der Waals surface area contributed by atoms with Crippen molar-refractivity contribution >= 4 is 24.3 Å². The minimum atomic E-state index is -0.873. The summed E-state index contributed by atoms with van der Waals surface area (Å²) in [7, 11) is 0. The summed E-state index contributed by atoms with van der Waals surface area (Å²) in [5, 5.41) is 11.2. The summed E-state index contributed by atoms with van der Waals surface area (Å²) >= 11 is 0. The van der Waals surface area contributed by atoms with E-state index in [0.717, 1.165) is 11.3 Å². The van der Waals surface area contributed by atoms with Crippen LogP contribution in [0.5, 0.6) is 0 Å². The summed E-state index contributed by atoms with van der Waals surface area (Å²) in [6.07, 6.45) is 2.69. The zero-order valence-electron chi connectivity index (χ0n) is 18.9. The fraction of sp³-hybridized carbons (Fsp3) is 0.435. The number of hydrogen-bond acceptors (Lipinski definition) is 5. The molecule has 1 aromatic heterocycles. The highest BCUT2D eigenvalue weighted by atomic mass is 16.3. The van der Waals surface area contributed by atoms with E-state index in [1.54, 1.807) is 20.7 Å². The number of likely N-dealkylation sites (tertiary alicyclic amines) is 1. The molecular weight excluding hydrogens is 426 g/mol. The van der Waals surface area contributed by atoms with Crippen molar-refractivity contribution in [3.63, 3.8) is 0 Å². The Morgan fingerprint density at radius 3 is 2.33 bits per heavy atom. The van der Waals surface area contributed by atoms with Crippen LogP contribution in [0.15, 0.2) is 42.6 Å². The molecular formula is C23H29N5O5. The number of likely N-dealkylation sites (N-methyl/N-ethyl adjacent to an activating group) is 1. The third-order valence-electron chi connectivity index (χ3n) is 6.14. The molecule has 1 aromatic carbocycles. The van der Waals surface area contributed by atoms with Gasteiger partial charge in [-0.15, -0.1) is 0 Å². The van der Waals surface area contributed by atoms with Gasteiger partial charge in [-0.2, -0.15) is 5.10 Å². The van der Waals surface area contributed by atoms with Crippen LogP contribution in [0.2, 0.25) is 0 Å². The second-order valence-electron chi connectivity index (χ2n) is 8.08. The molecule has 3 heterocycles. The smallest absolute Gasteiger partial charge is 0.327 e. The summed E-state index contributed by atoms with van der Waals surface area (Å²) in [5.41, 5.74) is 0.984. The van der Waals surface area contributed by atoms with Crippen LogP contribution in [0, 0.1) is 6.92 Å². The van der Waals surface area contributed by atoms with Crippen molar-refractivity contribution in [2.24, 2.45) is 0 Å². The first-order chi connectivity index (χ1) is 15.9. The summed E-state index contributed by atoms with van der Waals surface area (Å²) in [4.78, 5) is 52.2. The van der Waals surface area contributed by atoms with Crippen molar-refractivity contribution in [2.75, 3.05) is 19.6 Å². The molecule has 10 heteroatoms. The van der Waals surface area contributed by atoms with E-state index in [2.05, 4.69) is 5.10 Å². The van der Waals surface area contributed by atoms with Gasteiger partial charge in [-0.3, -0.25) is 24.0 Å². The van der Waals surface area contributed by atoms with E-state index in [1.807, 2.05) is 50.2 Å². The third kappa shape index (κ3) is 4.89. The van der Waals surface area contributed by atoms with Gasteiger partial charge >= 0.3 is 6.03 Å². The fourth-order valence-corrected chi connectivity index (χ4v) is 4.45. The van der Waals surface area contributed by atoms with Crippen LogP contribution in [-0.2, 0) is 27.5 Å². The van der Waals surface area contributed by atoms with Gasteiger partial charge in [0.25, 0.3) is 12.4 Å². The Balaban J connectivity index is 0.000000968. The van der Waals surface area contributed by atoms with Gasteiger partial charge in [-0.1, -0.05) is 30.3 Å². The number of carbonyl (C=O) groups is 4. The standard InChI is InChI=1S/C22H27N5O3.CH2O2/c1-3-26-20(29)22(27(21(26)30)15-18-7-5-4-6-8-18)10-13-24(14-11-22)19(28)16-25-12-9-17(2)23-25;2-1-3/h4-9,12H,3,10-11,13-16H2,1-2H3;1H,(H,2,3). The lowest BCUT2D eigenvalue weighted by Gasteiger charge is -2.42. The number of imide groups is 1. The molecule has 1 N–H and O–H groups in total. The molecule has 0 unspecified atom stereocenters. The molecule has 2 saturated heterocycles. The van der Waals surface area contributed by atoms with Crippen molar-refractivity contribution in [2.45, 2.75) is 45.3 Å². The predicted molar refractivity (Wildman–Crippen MR) is 119 cm³/mol. The summed E-state index contributed by atoms with van der Waals surface area (Å²) in [6, 6.07) is 11.3. The van der Waals surface area contributed by atoms with Gasteiger partial charge in [0, 0.05) is 32.4 Å². The monoisotopic (exact) mass is 455 g/mol. The Morgan fingerprint density at radius 1 is 1.15 bits per heavy atom. The molecule has 0 bridgehead atoms. The van der Waals surface area contributed by atoms with E-state index in [-0.39, 0.29) is 30.9 Å². The van der Waals surface area contributed by atoms with Crippen LogP contribution in [0.4, 0.5) is 4.79 Å². The van der Waals surface area contributed by atoms with Crippen molar-refractivity contribution in [1.82, 2.24) is 24.5 Å². The Bertz CT molecular complexity index is 998. The SMILES string of the molecule is CCN1C(=O)N(Cc2ccccc2)C2(CCN(C(=O)Cn3ccc(C)n3)CC2)C1=O.O=CO. The molecule has 0 atom stereocenters. The Labute approximate surface area is 192 Å². The molecule has 0 saturated carbocycles. The number of amides is 4. The summed E-state index contributed by atoms with van der Waals surface area (Å²) < 4.78 is 1.63. The minimum Gasteiger partial charge on any atom is -0.483 e. The molecule has 176 valence electrons. The van der Waals surface area contributed by atoms with E-state index in [4.69, 9.17) is 9.90 Å². The van der Waals surface area contributed by atoms with E-state index in [1.165, 1.54) is 4.90 Å². The number of carboxylic acid groups (broad SMARTS) is 1. The number of nitrogens with zero attached hydrogens (tertiary/aromatic N) is 5. The maximum absolute atomic E-state index is 13.2. The maximum Gasteiger partial charge on any atom is 0.327 e. The van der Waals surface area contributed by atoms with E-state index < -0.39 is 5.54 Å². The fourth-order valence-electron chi connectivity index (χ4n) is 4.45. The first-order valence-corrected chi connectivity index (χ1v) is 10.9. The van der Waals surface area contributed by atoms with Crippen molar-refractivity contribution in [1.29, 1.82) is 0 Å². The van der Waals surface area contributed by atoms with E-state index in [0.29, 0.717) is 39.0 Å². The number of piperidine rings is 1. The second kappa shape index (κ2) is 10.3. The highest BCUT2D eigenvalue weighted by Crippen LogP contribution is 2.38. The number of aromatic nitrogens is 2. The quantitative estimate of drug-likeness (QED) is 0.542. The largest absolute Gasteiger partial charge is 0.483 e. The molecule has 10 nitrogen and oxygen atoms in total. The summed E-state index contributed by atoms with van der Waals surface area (Å²) in [6.45, 7) is 5.27. The van der Waals surface area contributed by atoms with Gasteiger partial charge in [0.15, 0.2) is 0 Å². The molecule has 2 aliphatic rings. The van der Waals surface area contributed by atoms with Gasteiger partial charge in [0.2, 0.25) is 5.91 Å². The number of carbonyl (C=O) groups excluding carboxylic acids is 3. The highest BCUT2D eigenvalue weighted by Gasteiger charge is 2.57. The van der Waals surface area contributed by atoms with Gasteiger partial charge in [-0.25, -0.2) is 4.79 Å². The lowest BCUT2D eigenvalue weighted by atomic mass is 9.85. The Morgan fingerprint density at radius 2 is 1.79 bits per heavy atom. The lowest BCUT2D eigenvalue weighted by molar-refractivity contribution is -0.141. The average Bonchev–Trinajstić information content (AvgIpc) is 3.30. The first kappa shape index (κ1) is 24.0. The van der Waals surface area contributed by atoms with Gasteiger partial charge < -0.3 is 14.9 Å². The van der Waals surface area contributed by atoms with Crippen molar-refractivity contribution in [3.05, 3.63) is 53.9 Å². The number of aryl methyl sites for hydroxylation is 1. The van der Waals surface area contributed by atoms with Crippen LogP contribution in [-0.4, -0.2) is 79.1 Å². The number of hydrogen-bond donors (Lipinski definition) is 1. The number of urea groups is 1. The second-order valence-corrected chi connectivity index (χ2v) is 8.08. The zero-order valence-corrected chi connectivity index (χ0v) is 18.9. The normalized spacial score (nSPS) is 17.2. The van der Waals surface area contributed by atoms with Gasteiger partial charge in [-0.05, 0) is 38.3 Å². The van der Waals surface area contributed by atoms with E-state index in [9.17, 15) is 14.4 Å². The first-order valence-electron chi connectivity index (χ1n) is 10.9. The number of rotatable bonds is 5. The lowest BCUT2D eigenvalue weighted by Crippen LogP contribution is -2.57. The average molecular weight is 456 g/mol. The van der Waals surface area contributed by atoms with Crippen LogP contribution in [0.1, 0.15) is 31.0 Å². The van der Waals surface area contributed by atoms with Crippen LogP contribution < -0.4 is 0 Å². The van der Waals surface area contributed by atoms with Crippen LogP contribution in [0.3, 0.4) is 0 Å². The van der Waals surface area contributed by atoms with Crippen LogP contribution in [0.25, 0.3) is 0 Å². The molecule has 4 amide bonds. The zero-order chi connectivity index (χ0) is 24.0. The third-order valence-corrected chi connectivity index (χ3v) is 6.14. The van der Waals surface area contributed by atoms with Crippen molar-refractivity contribution in [3.8, 4) is 0 Å². The molecule has 2 aliphatic heterocycles. The highest BCUT2D eigenvalue weighted by molar-refractivity contribution is 6.07.